The van der Waals surface area contributed by atoms with Crippen molar-refractivity contribution in [2.45, 2.75) is 32.7 Å². The quantitative estimate of drug-likeness (QED) is 0.706. The summed E-state index contributed by atoms with van der Waals surface area (Å²) in [5.74, 6) is -0.192. The van der Waals surface area contributed by atoms with Crippen LogP contribution in [0.4, 0.5) is 0 Å². The maximum Gasteiger partial charge on any atom is 0.248 e. The molecule has 21 heavy (non-hydrogen) atoms. The topological polar surface area (TPSA) is 98.2 Å². The van der Waals surface area contributed by atoms with Gasteiger partial charge in [-0.2, -0.15) is 0 Å². The number of primary amides is 1. The minimum atomic E-state index is -0.466. The van der Waals surface area contributed by atoms with Crippen molar-refractivity contribution in [2.75, 3.05) is 6.54 Å². The molecule has 5 N–H and O–H groups in total. The third-order valence-electron chi connectivity index (χ3n) is 2.99. The molecular weight excluding hydrogens is 290 g/mol. The van der Waals surface area contributed by atoms with E-state index in [-0.39, 0.29) is 18.3 Å². The average molecular weight is 314 g/mol. The molecule has 0 aliphatic heterocycles. The van der Waals surface area contributed by atoms with Crippen molar-refractivity contribution in [3.05, 3.63) is 35.4 Å². The van der Waals surface area contributed by atoms with E-state index < -0.39 is 11.9 Å². The third-order valence-corrected chi connectivity index (χ3v) is 2.99. The van der Waals surface area contributed by atoms with Crippen LogP contribution in [-0.2, 0) is 11.2 Å². The molecule has 1 atom stereocenters. The summed E-state index contributed by atoms with van der Waals surface area (Å²) in [6.07, 6.45) is 1.31. The lowest BCUT2D eigenvalue weighted by molar-refractivity contribution is -0.122. The first-order chi connectivity index (χ1) is 9.40. The molecule has 0 fully saturated rings. The number of carbonyl (C=O) groups excluding carboxylic acids is 2. The van der Waals surface area contributed by atoms with Crippen molar-refractivity contribution in [1.82, 2.24) is 5.32 Å². The summed E-state index contributed by atoms with van der Waals surface area (Å²) in [5, 5.41) is 2.80. The second-order valence-corrected chi connectivity index (χ2v) is 5.34. The number of amides is 2. The van der Waals surface area contributed by atoms with Gasteiger partial charge in [0.2, 0.25) is 11.8 Å². The maximum atomic E-state index is 11.7. The van der Waals surface area contributed by atoms with Crippen molar-refractivity contribution in [3.63, 3.8) is 0 Å². The van der Waals surface area contributed by atoms with Crippen LogP contribution in [0, 0.1) is 5.92 Å². The van der Waals surface area contributed by atoms with E-state index in [0.717, 1.165) is 5.56 Å². The van der Waals surface area contributed by atoms with Gasteiger partial charge in [-0.3, -0.25) is 9.59 Å². The number of halogens is 1. The summed E-state index contributed by atoms with van der Waals surface area (Å²) in [7, 11) is 0. The van der Waals surface area contributed by atoms with Gasteiger partial charge in [-0.05, 0) is 36.5 Å². The van der Waals surface area contributed by atoms with E-state index in [1.54, 1.807) is 18.2 Å². The van der Waals surface area contributed by atoms with E-state index >= 15 is 0 Å². The Morgan fingerprint density at radius 2 is 1.95 bits per heavy atom. The molecule has 118 valence electrons. The van der Waals surface area contributed by atoms with Gasteiger partial charge < -0.3 is 16.8 Å². The molecule has 0 unspecified atom stereocenters. The first-order valence-corrected chi connectivity index (χ1v) is 6.82. The molecule has 1 aromatic carbocycles. The minimum absolute atomic E-state index is 0. The molecule has 0 saturated carbocycles. The smallest absolute Gasteiger partial charge is 0.248 e. The number of nitrogens with one attached hydrogen (secondary N) is 1. The van der Waals surface area contributed by atoms with Gasteiger partial charge >= 0.3 is 0 Å². The van der Waals surface area contributed by atoms with Gasteiger partial charge in [0.1, 0.15) is 0 Å². The lowest BCUT2D eigenvalue weighted by Crippen LogP contribution is -2.42. The van der Waals surface area contributed by atoms with Crippen molar-refractivity contribution in [2.24, 2.45) is 17.4 Å². The Morgan fingerprint density at radius 3 is 2.52 bits per heavy atom. The molecule has 0 bridgehead atoms. The molecule has 0 radical (unpaired) electrons. The normalized spacial score (nSPS) is 11.6. The van der Waals surface area contributed by atoms with Crippen LogP contribution in [0.15, 0.2) is 24.3 Å². The van der Waals surface area contributed by atoms with Gasteiger partial charge in [-0.1, -0.05) is 26.0 Å². The molecule has 1 rings (SSSR count). The number of benzene rings is 1. The zero-order valence-corrected chi connectivity index (χ0v) is 13.3. The Balaban J connectivity index is 0.00000400. The second-order valence-electron chi connectivity index (χ2n) is 5.34. The lowest BCUT2D eigenvalue weighted by atomic mass is 10.0. The fraction of sp³-hybridized carbons (Fsp3) is 0.467. The Labute approximate surface area is 131 Å². The standard InChI is InChI=1S/C15H23N3O2.ClH/c1-10(2)8-13(16)15(20)18-7-6-11-4-3-5-12(9-11)14(17)19;/h3-5,9-10,13H,6-8,16H2,1-2H3,(H2,17,19)(H,18,20);1H/t13-;/m0./s1. The lowest BCUT2D eigenvalue weighted by Gasteiger charge is -2.14. The molecule has 0 saturated heterocycles. The summed E-state index contributed by atoms with van der Waals surface area (Å²) in [6, 6.07) is 6.62. The van der Waals surface area contributed by atoms with Gasteiger partial charge in [-0.15, -0.1) is 12.4 Å². The summed E-state index contributed by atoms with van der Waals surface area (Å²) in [4.78, 5) is 22.8. The van der Waals surface area contributed by atoms with Crippen LogP contribution < -0.4 is 16.8 Å². The Kier molecular flexibility index (Phi) is 8.66. The van der Waals surface area contributed by atoms with Crippen LogP contribution in [0.5, 0.6) is 0 Å². The van der Waals surface area contributed by atoms with Gasteiger partial charge in [-0.25, -0.2) is 0 Å². The molecule has 6 heteroatoms. The number of nitrogens with two attached hydrogens (primary N) is 2. The Bertz CT molecular complexity index is 478. The van der Waals surface area contributed by atoms with Crippen molar-refractivity contribution in [1.29, 1.82) is 0 Å². The molecule has 0 spiro atoms. The summed E-state index contributed by atoms with van der Waals surface area (Å²) in [5.41, 5.74) is 12.4. The Morgan fingerprint density at radius 1 is 1.29 bits per heavy atom. The SMILES string of the molecule is CC(C)C[C@H](N)C(=O)NCCc1cccc(C(N)=O)c1.Cl. The van der Waals surface area contributed by atoms with Crippen LogP contribution >= 0.6 is 12.4 Å². The monoisotopic (exact) mass is 313 g/mol. The summed E-state index contributed by atoms with van der Waals surface area (Å²) in [6.45, 7) is 4.55. The molecule has 0 heterocycles. The van der Waals surface area contributed by atoms with Crippen molar-refractivity contribution in [3.8, 4) is 0 Å². The van der Waals surface area contributed by atoms with Gasteiger partial charge in [0.25, 0.3) is 0 Å². The van der Waals surface area contributed by atoms with Gasteiger partial charge in [0, 0.05) is 12.1 Å². The third kappa shape index (κ3) is 7.11. The number of rotatable bonds is 7. The highest BCUT2D eigenvalue weighted by atomic mass is 35.5. The fourth-order valence-electron chi connectivity index (χ4n) is 1.96. The van der Waals surface area contributed by atoms with Crippen LogP contribution in [-0.4, -0.2) is 24.4 Å². The summed E-state index contributed by atoms with van der Waals surface area (Å²) >= 11 is 0. The summed E-state index contributed by atoms with van der Waals surface area (Å²) < 4.78 is 0. The molecule has 2 amide bonds. The van der Waals surface area contributed by atoms with E-state index in [1.807, 2.05) is 19.9 Å². The number of hydrogen-bond acceptors (Lipinski definition) is 3. The van der Waals surface area contributed by atoms with E-state index in [0.29, 0.717) is 30.9 Å². The highest BCUT2D eigenvalue weighted by Crippen LogP contribution is 2.05. The van der Waals surface area contributed by atoms with Crippen LogP contribution in [0.1, 0.15) is 36.2 Å². The number of hydrogen-bond donors (Lipinski definition) is 3. The second kappa shape index (κ2) is 9.37. The molecular formula is C15H24ClN3O2. The van der Waals surface area contributed by atoms with Crippen molar-refractivity contribution >= 4 is 24.2 Å². The molecule has 0 aliphatic rings. The van der Waals surface area contributed by atoms with E-state index in [1.165, 1.54) is 0 Å². The highest BCUT2D eigenvalue weighted by Gasteiger charge is 2.14. The van der Waals surface area contributed by atoms with Gasteiger partial charge in [0.15, 0.2) is 0 Å². The predicted octanol–water partition coefficient (Wildman–Crippen LogP) is 1.24. The average Bonchev–Trinajstić information content (AvgIpc) is 2.38. The minimum Gasteiger partial charge on any atom is -0.366 e. The zero-order chi connectivity index (χ0) is 15.1. The van der Waals surface area contributed by atoms with Crippen LogP contribution in [0.25, 0.3) is 0 Å². The van der Waals surface area contributed by atoms with Crippen molar-refractivity contribution < 1.29 is 9.59 Å². The first kappa shape index (κ1) is 19.4. The van der Waals surface area contributed by atoms with E-state index in [2.05, 4.69) is 5.32 Å². The predicted molar refractivity (Wildman–Crippen MR) is 86.4 cm³/mol. The molecule has 0 aromatic heterocycles. The first-order valence-electron chi connectivity index (χ1n) is 6.82. The van der Waals surface area contributed by atoms with E-state index in [9.17, 15) is 9.59 Å². The molecule has 5 nitrogen and oxygen atoms in total. The number of carbonyl (C=O) groups is 2. The Hall–Kier alpha value is -1.59. The largest absolute Gasteiger partial charge is 0.366 e. The van der Waals surface area contributed by atoms with Gasteiger partial charge in [0.05, 0.1) is 6.04 Å². The maximum absolute atomic E-state index is 11.7. The van der Waals surface area contributed by atoms with E-state index in [4.69, 9.17) is 11.5 Å². The van der Waals surface area contributed by atoms with Crippen LogP contribution in [0.2, 0.25) is 0 Å². The molecule has 0 aliphatic carbocycles. The zero-order valence-electron chi connectivity index (χ0n) is 12.5. The van der Waals surface area contributed by atoms with Crippen LogP contribution in [0.3, 0.4) is 0 Å². The fourth-order valence-corrected chi connectivity index (χ4v) is 1.96. The highest BCUT2D eigenvalue weighted by molar-refractivity contribution is 5.92. The molecule has 1 aromatic rings.